The van der Waals surface area contributed by atoms with Gasteiger partial charge in [-0.05, 0) is 29.7 Å². The van der Waals surface area contributed by atoms with Crippen LogP contribution in [0.15, 0.2) is 54.6 Å². The zero-order valence-electron chi connectivity index (χ0n) is 15.4. The van der Waals surface area contributed by atoms with Gasteiger partial charge in [0.05, 0.1) is 17.2 Å². The van der Waals surface area contributed by atoms with Gasteiger partial charge in [0.2, 0.25) is 0 Å². The largest absolute Gasteiger partial charge is 0.543 e. The molecule has 144 valence electrons. The summed E-state index contributed by atoms with van der Waals surface area (Å²) in [6.45, 7) is 2.37. The molecule has 0 aromatic heterocycles. The molecule has 2 aromatic carbocycles. The maximum atomic E-state index is 11.9. The molecule has 0 spiro atoms. The van der Waals surface area contributed by atoms with E-state index in [1.165, 1.54) is 0 Å². The predicted molar refractivity (Wildman–Crippen MR) is 99.6 cm³/mol. The molecule has 2 rings (SSSR count). The van der Waals surface area contributed by atoms with Gasteiger partial charge in [-0.2, -0.15) is 0 Å². The lowest BCUT2D eigenvalue weighted by atomic mass is 10.0. The summed E-state index contributed by atoms with van der Waals surface area (Å²) in [5, 5.41) is 4.20. The summed E-state index contributed by atoms with van der Waals surface area (Å²) in [6, 6.07) is 16.5. The Bertz CT molecular complexity index is 696. The van der Waals surface area contributed by atoms with Crippen LogP contribution in [0.4, 0.5) is 4.79 Å². The first-order valence-corrected chi connectivity index (χ1v) is 9.08. The number of carbonyl (C=O) groups is 2. The van der Waals surface area contributed by atoms with Gasteiger partial charge in [0.15, 0.2) is 0 Å². The highest BCUT2D eigenvalue weighted by Crippen LogP contribution is 2.19. The van der Waals surface area contributed by atoms with E-state index < -0.39 is 12.1 Å². The van der Waals surface area contributed by atoms with Crippen LogP contribution in [0.1, 0.15) is 49.4 Å². The predicted octanol–water partition coefficient (Wildman–Crippen LogP) is 5.48. The first-order valence-electron chi connectivity index (χ1n) is 9.08. The number of hydrogen-bond acceptors (Lipinski definition) is 6. The summed E-state index contributed by atoms with van der Waals surface area (Å²) in [7, 11) is 0. The molecule has 6 heteroatoms. The first kappa shape index (κ1) is 20.5. The Morgan fingerprint density at radius 1 is 0.778 bits per heavy atom. The Balaban J connectivity index is 1.66. The highest BCUT2D eigenvalue weighted by atomic mass is 17.5. The smallest absolute Gasteiger partial charge is 0.432 e. The average Bonchev–Trinajstić information content (AvgIpc) is 2.71. The van der Waals surface area contributed by atoms with Crippen molar-refractivity contribution < 1.29 is 29.1 Å². The number of ether oxygens (including phenoxy) is 1. The van der Waals surface area contributed by atoms with Crippen LogP contribution in [0.2, 0.25) is 0 Å². The third-order valence-electron chi connectivity index (χ3n) is 3.91. The van der Waals surface area contributed by atoms with Crippen LogP contribution >= 0.6 is 0 Å². The standard InChI is InChI=1S/C21H24O6/c1-2-3-4-5-9-16-24-21(23)26-27-25-20(22)19-14-12-18(13-15-19)17-10-7-6-8-11-17/h6-8,10-15H,2-5,9,16H2,1H3. The third-order valence-corrected chi connectivity index (χ3v) is 3.91. The van der Waals surface area contributed by atoms with Gasteiger partial charge in [-0.3, -0.25) is 4.89 Å². The molecule has 0 N–H and O–H groups in total. The monoisotopic (exact) mass is 372 g/mol. The Labute approximate surface area is 158 Å². The van der Waals surface area contributed by atoms with Gasteiger partial charge in [0.25, 0.3) is 0 Å². The molecule has 2 aromatic rings. The van der Waals surface area contributed by atoms with Crippen molar-refractivity contribution in [2.24, 2.45) is 0 Å². The van der Waals surface area contributed by atoms with E-state index in [1.807, 2.05) is 30.3 Å². The minimum absolute atomic E-state index is 0.237. The Morgan fingerprint density at radius 2 is 1.44 bits per heavy atom. The molecular weight excluding hydrogens is 348 g/mol. The van der Waals surface area contributed by atoms with E-state index in [-0.39, 0.29) is 12.2 Å². The summed E-state index contributed by atoms with van der Waals surface area (Å²) in [5.41, 5.74) is 2.27. The van der Waals surface area contributed by atoms with Crippen LogP contribution in [0.25, 0.3) is 11.1 Å². The highest BCUT2D eigenvalue weighted by Gasteiger charge is 2.12. The van der Waals surface area contributed by atoms with Gasteiger partial charge in [0, 0.05) is 0 Å². The number of benzene rings is 2. The lowest BCUT2D eigenvalue weighted by Gasteiger charge is -2.05. The Morgan fingerprint density at radius 3 is 2.15 bits per heavy atom. The second-order valence-corrected chi connectivity index (χ2v) is 5.98. The van der Waals surface area contributed by atoms with E-state index in [4.69, 9.17) is 4.74 Å². The number of carbonyl (C=O) groups excluding carboxylic acids is 2. The molecule has 0 unspecified atom stereocenters. The molecule has 0 fully saturated rings. The number of rotatable bonds is 10. The summed E-state index contributed by atoms with van der Waals surface area (Å²) in [4.78, 5) is 31.8. The van der Waals surface area contributed by atoms with Gasteiger partial charge in [-0.1, -0.05) is 75.1 Å². The minimum atomic E-state index is -1.04. The molecule has 0 heterocycles. The average molecular weight is 372 g/mol. The van der Waals surface area contributed by atoms with Crippen molar-refractivity contribution in [2.45, 2.75) is 39.0 Å². The van der Waals surface area contributed by atoms with Crippen molar-refractivity contribution in [2.75, 3.05) is 6.61 Å². The second-order valence-electron chi connectivity index (χ2n) is 5.98. The highest BCUT2D eigenvalue weighted by molar-refractivity contribution is 5.89. The van der Waals surface area contributed by atoms with Crippen molar-refractivity contribution in [1.82, 2.24) is 0 Å². The fraction of sp³-hybridized carbons (Fsp3) is 0.333. The zero-order valence-corrected chi connectivity index (χ0v) is 15.4. The molecule has 0 radical (unpaired) electrons. The normalized spacial score (nSPS) is 10.3. The molecule has 0 atom stereocenters. The second kappa shape index (κ2) is 11.7. The van der Waals surface area contributed by atoms with E-state index in [0.717, 1.165) is 43.2 Å². The Hall–Kier alpha value is -2.86. The molecule has 0 aliphatic heterocycles. The minimum Gasteiger partial charge on any atom is -0.432 e. The van der Waals surface area contributed by atoms with Crippen LogP contribution in [0.5, 0.6) is 0 Å². The van der Waals surface area contributed by atoms with Gasteiger partial charge < -0.3 is 4.74 Å². The Kier molecular flexibility index (Phi) is 8.86. The molecule has 6 nitrogen and oxygen atoms in total. The van der Waals surface area contributed by atoms with E-state index in [9.17, 15) is 9.59 Å². The SMILES string of the molecule is CCCCCCCOC(=O)OOOC(=O)c1ccc(-c2ccccc2)cc1. The molecule has 0 aliphatic carbocycles. The molecule has 0 saturated carbocycles. The van der Waals surface area contributed by atoms with Crippen molar-refractivity contribution in [3.63, 3.8) is 0 Å². The van der Waals surface area contributed by atoms with Gasteiger partial charge in [-0.25, -0.2) is 14.5 Å². The van der Waals surface area contributed by atoms with Crippen LogP contribution in [-0.4, -0.2) is 18.7 Å². The number of hydrogen-bond donors (Lipinski definition) is 0. The number of unbranched alkanes of at least 4 members (excludes halogenated alkanes) is 4. The molecule has 0 amide bonds. The summed E-state index contributed by atoms with van der Waals surface area (Å²) in [6.07, 6.45) is 4.11. The summed E-state index contributed by atoms with van der Waals surface area (Å²) < 4.78 is 4.80. The van der Waals surface area contributed by atoms with Gasteiger partial charge in [0.1, 0.15) is 0 Å². The zero-order chi connectivity index (χ0) is 19.3. The van der Waals surface area contributed by atoms with Crippen LogP contribution in [0, 0.1) is 0 Å². The van der Waals surface area contributed by atoms with Gasteiger partial charge >= 0.3 is 12.1 Å². The molecule has 27 heavy (non-hydrogen) atoms. The maximum Gasteiger partial charge on any atom is 0.543 e. The van der Waals surface area contributed by atoms with Gasteiger partial charge in [-0.15, -0.1) is 0 Å². The molecule has 0 saturated heterocycles. The first-order chi connectivity index (χ1) is 13.2. The van der Waals surface area contributed by atoms with Crippen LogP contribution in [0.3, 0.4) is 0 Å². The molecule has 0 bridgehead atoms. The van der Waals surface area contributed by atoms with Crippen LogP contribution < -0.4 is 0 Å². The van der Waals surface area contributed by atoms with Crippen molar-refractivity contribution in [3.05, 3.63) is 60.2 Å². The maximum absolute atomic E-state index is 11.9. The third kappa shape index (κ3) is 7.50. The van der Waals surface area contributed by atoms with Crippen molar-refractivity contribution in [3.8, 4) is 11.1 Å². The quantitative estimate of drug-likeness (QED) is 0.238. The fourth-order valence-corrected chi connectivity index (χ4v) is 2.44. The molecule has 0 aliphatic rings. The topological polar surface area (TPSA) is 71.1 Å². The van der Waals surface area contributed by atoms with Crippen molar-refractivity contribution in [1.29, 1.82) is 0 Å². The van der Waals surface area contributed by atoms with E-state index in [1.54, 1.807) is 24.3 Å². The summed E-state index contributed by atoms with van der Waals surface area (Å²) >= 11 is 0. The summed E-state index contributed by atoms with van der Waals surface area (Å²) in [5.74, 6) is -0.776. The fourth-order valence-electron chi connectivity index (χ4n) is 2.44. The van der Waals surface area contributed by atoms with E-state index in [0.29, 0.717) is 0 Å². The van der Waals surface area contributed by atoms with Crippen LogP contribution in [-0.2, 0) is 19.6 Å². The van der Waals surface area contributed by atoms with E-state index in [2.05, 4.69) is 21.7 Å². The van der Waals surface area contributed by atoms with E-state index >= 15 is 0 Å². The molecular formula is C21H24O6. The lowest BCUT2D eigenvalue weighted by molar-refractivity contribution is -0.452. The van der Waals surface area contributed by atoms with Crippen molar-refractivity contribution >= 4 is 12.1 Å². The lowest BCUT2D eigenvalue weighted by Crippen LogP contribution is -2.12.